The van der Waals surface area contributed by atoms with E-state index < -0.39 is 0 Å². The zero-order valence-electron chi connectivity index (χ0n) is 13.0. The Morgan fingerprint density at radius 3 is 2.71 bits per heavy atom. The number of hydrogen-bond acceptors (Lipinski definition) is 3. The van der Waals surface area contributed by atoms with E-state index in [1.54, 1.807) is 10.7 Å². The van der Waals surface area contributed by atoms with Gasteiger partial charge in [-0.25, -0.2) is 4.39 Å². The van der Waals surface area contributed by atoms with Crippen LogP contribution in [0.3, 0.4) is 0 Å². The number of nitrogens with zero attached hydrogens (tertiary/aromatic N) is 2. The molecule has 21 heavy (non-hydrogen) atoms. The maximum absolute atomic E-state index is 13.5. The van der Waals surface area contributed by atoms with Crippen molar-refractivity contribution in [1.82, 2.24) is 15.1 Å². The topological polar surface area (TPSA) is 39.1 Å². The average Bonchev–Trinajstić information content (AvgIpc) is 2.68. The summed E-state index contributed by atoms with van der Waals surface area (Å²) in [7, 11) is 1.88. The highest BCUT2D eigenvalue weighted by atomic mass is 19.1. The monoisotopic (exact) mass is 291 g/mol. The molecule has 0 aliphatic rings. The highest BCUT2D eigenvalue weighted by molar-refractivity contribution is 5.41. The smallest absolute Gasteiger partial charge is 0.171 e. The Bertz CT molecular complexity index is 622. The maximum atomic E-state index is 13.5. The van der Waals surface area contributed by atoms with Crippen molar-refractivity contribution < 1.29 is 9.13 Å². The zero-order chi connectivity index (χ0) is 15.4. The molecule has 0 amide bonds. The Kier molecular flexibility index (Phi) is 4.96. The van der Waals surface area contributed by atoms with Crippen molar-refractivity contribution in [2.45, 2.75) is 33.7 Å². The van der Waals surface area contributed by atoms with Gasteiger partial charge in [0.25, 0.3) is 0 Å². The lowest BCUT2D eigenvalue weighted by atomic mass is 10.2. The molecule has 0 atom stereocenters. The highest BCUT2D eigenvalue weighted by Gasteiger charge is 2.14. The third-order valence-corrected chi connectivity index (χ3v) is 3.42. The number of ether oxygens (including phenoxy) is 1. The normalized spacial score (nSPS) is 10.9. The molecule has 1 aromatic carbocycles. The van der Waals surface area contributed by atoms with Crippen LogP contribution >= 0.6 is 0 Å². The van der Waals surface area contributed by atoms with Gasteiger partial charge in [0.05, 0.1) is 5.69 Å². The summed E-state index contributed by atoms with van der Waals surface area (Å²) in [6, 6.07) is 4.60. The van der Waals surface area contributed by atoms with Crippen LogP contribution in [0, 0.1) is 19.7 Å². The van der Waals surface area contributed by atoms with Gasteiger partial charge in [-0.05, 0) is 45.0 Å². The summed E-state index contributed by atoms with van der Waals surface area (Å²) in [6.07, 6.45) is 1.03. The average molecular weight is 291 g/mol. The van der Waals surface area contributed by atoms with E-state index in [0.717, 1.165) is 35.7 Å². The number of rotatable bonds is 6. The minimum absolute atomic E-state index is 0.254. The van der Waals surface area contributed by atoms with Crippen LogP contribution in [0.1, 0.15) is 30.3 Å². The summed E-state index contributed by atoms with van der Waals surface area (Å²) in [6.45, 7) is 7.42. The molecule has 2 aromatic rings. The highest BCUT2D eigenvalue weighted by Crippen LogP contribution is 2.30. The molecule has 1 N–H and O–H groups in total. The molecule has 5 heteroatoms. The van der Waals surface area contributed by atoms with E-state index in [2.05, 4.69) is 17.3 Å². The van der Waals surface area contributed by atoms with Crippen molar-refractivity contribution >= 4 is 0 Å². The number of hydrogen-bond donors (Lipinski definition) is 1. The molecule has 0 aliphatic heterocycles. The van der Waals surface area contributed by atoms with Crippen molar-refractivity contribution in [2.24, 2.45) is 7.05 Å². The lowest BCUT2D eigenvalue weighted by molar-refractivity contribution is 0.462. The summed E-state index contributed by atoms with van der Waals surface area (Å²) < 4.78 is 21.2. The molecular weight excluding hydrogens is 269 g/mol. The molecule has 0 saturated carbocycles. The molecule has 114 valence electrons. The molecule has 4 nitrogen and oxygen atoms in total. The molecule has 0 saturated heterocycles. The van der Waals surface area contributed by atoms with Gasteiger partial charge >= 0.3 is 0 Å². The van der Waals surface area contributed by atoms with Gasteiger partial charge in [-0.1, -0.05) is 6.92 Å². The van der Waals surface area contributed by atoms with Crippen molar-refractivity contribution in [2.75, 3.05) is 6.54 Å². The molecule has 0 spiro atoms. The second-order valence-corrected chi connectivity index (χ2v) is 5.15. The second-order valence-electron chi connectivity index (χ2n) is 5.15. The van der Waals surface area contributed by atoms with Crippen molar-refractivity contribution in [3.8, 4) is 11.5 Å². The summed E-state index contributed by atoms with van der Waals surface area (Å²) in [4.78, 5) is 0. The number of nitrogens with one attached hydrogen (secondary N) is 1. The fourth-order valence-corrected chi connectivity index (χ4v) is 2.20. The maximum Gasteiger partial charge on any atom is 0.171 e. The first-order valence-corrected chi connectivity index (χ1v) is 7.20. The van der Waals surface area contributed by atoms with Crippen LogP contribution in [-0.4, -0.2) is 16.3 Å². The third-order valence-electron chi connectivity index (χ3n) is 3.42. The fraction of sp³-hybridized carbons (Fsp3) is 0.438. The molecule has 0 aliphatic carbocycles. The Balaban J connectivity index is 2.26. The standard InChI is InChI=1S/C16H22FN3O/c1-5-8-18-10-13-9-14(17)6-7-15(13)21-16-11(2)19-20(4)12(16)3/h6-7,9,18H,5,8,10H2,1-4H3. The van der Waals surface area contributed by atoms with Gasteiger partial charge < -0.3 is 10.1 Å². The first-order valence-electron chi connectivity index (χ1n) is 7.20. The Morgan fingerprint density at radius 1 is 1.33 bits per heavy atom. The molecular formula is C16H22FN3O. The van der Waals surface area contributed by atoms with Gasteiger partial charge in [0, 0.05) is 19.2 Å². The fourth-order valence-electron chi connectivity index (χ4n) is 2.20. The molecule has 0 bridgehead atoms. The SMILES string of the molecule is CCCNCc1cc(F)ccc1Oc1c(C)nn(C)c1C. The quantitative estimate of drug-likeness (QED) is 0.828. The second kappa shape index (κ2) is 6.72. The minimum Gasteiger partial charge on any atom is -0.453 e. The molecule has 2 rings (SSSR count). The first-order chi connectivity index (χ1) is 10.0. The first kappa shape index (κ1) is 15.5. The lowest BCUT2D eigenvalue weighted by Crippen LogP contribution is -2.14. The van der Waals surface area contributed by atoms with E-state index in [-0.39, 0.29) is 5.82 Å². The van der Waals surface area contributed by atoms with E-state index >= 15 is 0 Å². The van der Waals surface area contributed by atoms with Gasteiger partial charge in [0.15, 0.2) is 5.75 Å². The van der Waals surface area contributed by atoms with Gasteiger partial charge in [0.2, 0.25) is 0 Å². The number of benzene rings is 1. The summed E-state index contributed by atoms with van der Waals surface area (Å²) in [5.74, 6) is 1.15. The van der Waals surface area contributed by atoms with Gasteiger partial charge in [-0.15, -0.1) is 0 Å². The van der Waals surface area contributed by atoms with Crippen LogP contribution in [0.4, 0.5) is 4.39 Å². The van der Waals surface area contributed by atoms with E-state index in [9.17, 15) is 4.39 Å². The zero-order valence-corrected chi connectivity index (χ0v) is 13.0. The van der Waals surface area contributed by atoms with E-state index in [4.69, 9.17) is 4.74 Å². The van der Waals surface area contributed by atoms with Crippen LogP contribution in [0.2, 0.25) is 0 Å². The van der Waals surface area contributed by atoms with Crippen LogP contribution in [0.15, 0.2) is 18.2 Å². The predicted octanol–water partition coefficient (Wildman–Crippen LogP) is 3.47. The van der Waals surface area contributed by atoms with Gasteiger partial charge in [0.1, 0.15) is 17.3 Å². The Hall–Kier alpha value is -1.88. The minimum atomic E-state index is -0.254. The predicted molar refractivity (Wildman–Crippen MR) is 81.2 cm³/mol. The largest absolute Gasteiger partial charge is 0.453 e. The molecule has 0 radical (unpaired) electrons. The van der Waals surface area contributed by atoms with E-state index in [0.29, 0.717) is 12.3 Å². The lowest BCUT2D eigenvalue weighted by Gasteiger charge is -2.12. The molecule has 1 heterocycles. The molecule has 0 fully saturated rings. The summed E-state index contributed by atoms with van der Waals surface area (Å²) in [5.41, 5.74) is 2.59. The van der Waals surface area contributed by atoms with E-state index in [1.807, 2.05) is 20.9 Å². The van der Waals surface area contributed by atoms with Crippen molar-refractivity contribution in [3.05, 3.63) is 41.0 Å². The van der Waals surface area contributed by atoms with Crippen LogP contribution < -0.4 is 10.1 Å². The van der Waals surface area contributed by atoms with Crippen molar-refractivity contribution in [3.63, 3.8) is 0 Å². The number of halogens is 1. The molecule has 0 unspecified atom stereocenters. The third kappa shape index (κ3) is 3.61. The Morgan fingerprint density at radius 2 is 2.10 bits per heavy atom. The summed E-state index contributed by atoms with van der Waals surface area (Å²) in [5, 5.41) is 7.60. The van der Waals surface area contributed by atoms with Crippen molar-refractivity contribution in [1.29, 1.82) is 0 Å². The molecule has 1 aromatic heterocycles. The van der Waals surface area contributed by atoms with Gasteiger partial charge in [-0.2, -0.15) is 5.10 Å². The number of aromatic nitrogens is 2. The van der Waals surface area contributed by atoms with Crippen LogP contribution in [0.5, 0.6) is 11.5 Å². The number of aryl methyl sites for hydroxylation is 2. The van der Waals surface area contributed by atoms with Crippen LogP contribution in [-0.2, 0) is 13.6 Å². The van der Waals surface area contributed by atoms with Crippen LogP contribution in [0.25, 0.3) is 0 Å². The van der Waals surface area contributed by atoms with Gasteiger partial charge in [-0.3, -0.25) is 4.68 Å². The Labute approximate surface area is 124 Å². The summed E-state index contributed by atoms with van der Waals surface area (Å²) >= 11 is 0. The van der Waals surface area contributed by atoms with E-state index in [1.165, 1.54) is 12.1 Å².